The Hall–Kier alpha value is -1.42. The van der Waals surface area contributed by atoms with Crippen LogP contribution in [0.5, 0.6) is 5.75 Å². The molecule has 0 atom stereocenters. The van der Waals surface area contributed by atoms with E-state index in [1.807, 2.05) is 32.0 Å². The molecule has 0 bridgehead atoms. The smallest absolute Gasteiger partial charge is 0.123 e. The lowest BCUT2D eigenvalue weighted by Crippen LogP contribution is -2.11. The summed E-state index contributed by atoms with van der Waals surface area (Å²) in [5, 5.41) is 3.31. The van der Waals surface area contributed by atoms with Crippen LogP contribution in [0.4, 0.5) is 11.4 Å². The summed E-state index contributed by atoms with van der Waals surface area (Å²) in [6, 6.07) is 5.72. The van der Waals surface area contributed by atoms with Crippen LogP contribution >= 0.6 is 0 Å². The first-order valence-electron chi connectivity index (χ1n) is 7.02. The maximum atomic E-state index is 5.86. The molecule has 1 aromatic carbocycles. The summed E-state index contributed by atoms with van der Waals surface area (Å²) < 4.78 is 11.2. The molecule has 1 fully saturated rings. The number of anilines is 2. The van der Waals surface area contributed by atoms with Gasteiger partial charge in [-0.2, -0.15) is 0 Å². The highest BCUT2D eigenvalue weighted by molar-refractivity contribution is 5.59. The molecule has 0 aromatic heterocycles. The molecule has 106 valence electrons. The molecule has 0 spiro atoms. The highest BCUT2D eigenvalue weighted by Gasteiger charge is 2.20. The van der Waals surface area contributed by atoms with Gasteiger partial charge in [-0.25, -0.2) is 0 Å². The molecule has 0 radical (unpaired) electrons. The second-order valence-electron chi connectivity index (χ2n) is 5.40. The van der Waals surface area contributed by atoms with Crippen molar-refractivity contribution in [2.75, 3.05) is 30.8 Å². The molecule has 1 aliphatic carbocycles. The average molecular weight is 264 g/mol. The Labute approximate surface area is 115 Å². The van der Waals surface area contributed by atoms with Gasteiger partial charge in [0.15, 0.2) is 0 Å². The SMILES string of the molecule is CC(C)Oc1cc(N)cc(NCCOCC2CC2)c1. The Morgan fingerprint density at radius 1 is 1.32 bits per heavy atom. The van der Waals surface area contributed by atoms with Crippen molar-refractivity contribution >= 4 is 11.4 Å². The van der Waals surface area contributed by atoms with Crippen LogP contribution in [0.25, 0.3) is 0 Å². The zero-order valence-corrected chi connectivity index (χ0v) is 11.8. The summed E-state index contributed by atoms with van der Waals surface area (Å²) in [6.07, 6.45) is 2.81. The standard InChI is InChI=1S/C15H24N2O2/c1-11(2)19-15-8-13(16)7-14(9-15)17-5-6-18-10-12-3-4-12/h7-9,11-12,17H,3-6,10,16H2,1-2H3. The number of hydrogen-bond acceptors (Lipinski definition) is 4. The lowest BCUT2D eigenvalue weighted by molar-refractivity contribution is 0.134. The predicted octanol–water partition coefficient (Wildman–Crippen LogP) is 2.89. The number of rotatable bonds is 8. The molecule has 1 saturated carbocycles. The summed E-state index contributed by atoms with van der Waals surface area (Å²) in [5.74, 6) is 1.62. The maximum Gasteiger partial charge on any atom is 0.123 e. The van der Waals surface area contributed by atoms with Crippen molar-refractivity contribution in [2.45, 2.75) is 32.8 Å². The Morgan fingerprint density at radius 3 is 2.79 bits per heavy atom. The molecule has 1 aromatic rings. The van der Waals surface area contributed by atoms with E-state index in [0.717, 1.165) is 37.1 Å². The summed E-state index contributed by atoms with van der Waals surface area (Å²) in [7, 11) is 0. The van der Waals surface area contributed by atoms with Gasteiger partial charge in [0.2, 0.25) is 0 Å². The Balaban J connectivity index is 1.75. The van der Waals surface area contributed by atoms with Crippen LogP contribution in [0.3, 0.4) is 0 Å². The fourth-order valence-corrected chi connectivity index (χ4v) is 1.87. The largest absolute Gasteiger partial charge is 0.491 e. The lowest BCUT2D eigenvalue weighted by atomic mass is 10.2. The van der Waals surface area contributed by atoms with Crippen LogP contribution in [0.2, 0.25) is 0 Å². The number of hydrogen-bond donors (Lipinski definition) is 2. The van der Waals surface area contributed by atoms with Crippen LogP contribution in [0, 0.1) is 5.92 Å². The molecule has 0 aliphatic heterocycles. The van der Waals surface area contributed by atoms with Crippen LogP contribution in [-0.4, -0.2) is 25.9 Å². The molecule has 19 heavy (non-hydrogen) atoms. The fraction of sp³-hybridized carbons (Fsp3) is 0.600. The van der Waals surface area contributed by atoms with Gasteiger partial charge in [-0.15, -0.1) is 0 Å². The van der Waals surface area contributed by atoms with Gasteiger partial charge in [0.1, 0.15) is 5.75 Å². The quantitative estimate of drug-likeness (QED) is 0.560. The predicted molar refractivity (Wildman–Crippen MR) is 78.7 cm³/mol. The highest BCUT2D eigenvalue weighted by atomic mass is 16.5. The van der Waals surface area contributed by atoms with Crippen molar-refractivity contribution in [2.24, 2.45) is 5.92 Å². The van der Waals surface area contributed by atoms with Crippen LogP contribution in [0.15, 0.2) is 18.2 Å². The second kappa shape index (κ2) is 6.66. The molecule has 0 heterocycles. The van der Waals surface area contributed by atoms with Gasteiger partial charge in [0, 0.05) is 36.7 Å². The molecule has 0 unspecified atom stereocenters. The molecule has 3 N–H and O–H groups in total. The summed E-state index contributed by atoms with van der Waals surface area (Å²) in [4.78, 5) is 0. The third kappa shape index (κ3) is 5.39. The van der Waals surface area contributed by atoms with E-state index in [0.29, 0.717) is 5.69 Å². The normalized spacial score (nSPS) is 14.7. The van der Waals surface area contributed by atoms with E-state index in [4.69, 9.17) is 15.2 Å². The average Bonchev–Trinajstić information content (AvgIpc) is 3.10. The van der Waals surface area contributed by atoms with Crippen molar-refractivity contribution in [1.82, 2.24) is 0 Å². The molecular formula is C15H24N2O2. The van der Waals surface area contributed by atoms with Gasteiger partial charge < -0.3 is 20.5 Å². The maximum absolute atomic E-state index is 5.86. The molecular weight excluding hydrogens is 240 g/mol. The molecule has 4 nitrogen and oxygen atoms in total. The molecule has 0 saturated heterocycles. The van der Waals surface area contributed by atoms with E-state index in [1.165, 1.54) is 12.8 Å². The Kier molecular flexibility index (Phi) is 4.91. The summed E-state index contributed by atoms with van der Waals surface area (Å²) in [5.41, 5.74) is 7.55. The molecule has 2 rings (SSSR count). The topological polar surface area (TPSA) is 56.5 Å². The van der Waals surface area contributed by atoms with E-state index in [9.17, 15) is 0 Å². The Morgan fingerprint density at radius 2 is 2.11 bits per heavy atom. The number of nitrogens with two attached hydrogens (primary N) is 1. The minimum Gasteiger partial charge on any atom is -0.491 e. The van der Waals surface area contributed by atoms with Crippen molar-refractivity contribution < 1.29 is 9.47 Å². The Bertz CT molecular complexity index is 403. The monoisotopic (exact) mass is 264 g/mol. The van der Waals surface area contributed by atoms with Crippen molar-refractivity contribution in [3.63, 3.8) is 0 Å². The lowest BCUT2D eigenvalue weighted by Gasteiger charge is -2.13. The first kappa shape index (κ1) is 14.0. The van der Waals surface area contributed by atoms with Crippen molar-refractivity contribution in [1.29, 1.82) is 0 Å². The second-order valence-corrected chi connectivity index (χ2v) is 5.40. The summed E-state index contributed by atoms with van der Waals surface area (Å²) >= 11 is 0. The number of ether oxygens (including phenoxy) is 2. The van der Waals surface area contributed by atoms with Crippen molar-refractivity contribution in [3.8, 4) is 5.75 Å². The first-order valence-corrected chi connectivity index (χ1v) is 7.02. The number of nitrogens with one attached hydrogen (secondary N) is 1. The molecule has 1 aliphatic rings. The summed E-state index contributed by atoms with van der Waals surface area (Å²) in [6.45, 7) is 6.42. The van der Waals surface area contributed by atoms with E-state index in [2.05, 4.69) is 5.32 Å². The van der Waals surface area contributed by atoms with E-state index in [1.54, 1.807) is 0 Å². The third-order valence-electron chi connectivity index (χ3n) is 2.93. The first-order chi connectivity index (χ1) is 9.13. The van der Waals surface area contributed by atoms with Crippen LogP contribution < -0.4 is 15.8 Å². The van der Waals surface area contributed by atoms with Gasteiger partial charge in [0.05, 0.1) is 12.7 Å². The van der Waals surface area contributed by atoms with Gasteiger partial charge in [-0.3, -0.25) is 0 Å². The van der Waals surface area contributed by atoms with Gasteiger partial charge in [-0.1, -0.05) is 0 Å². The van der Waals surface area contributed by atoms with E-state index in [-0.39, 0.29) is 6.10 Å². The van der Waals surface area contributed by atoms with Crippen LogP contribution in [0.1, 0.15) is 26.7 Å². The van der Waals surface area contributed by atoms with Gasteiger partial charge in [0.25, 0.3) is 0 Å². The minimum absolute atomic E-state index is 0.150. The third-order valence-corrected chi connectivity index (χ3v) is 2.93. The van der Waals surface area contributed by atoms with E-state index < -0.39 is 0 Å². The zero-order valence-electron chi connectivity index (χ0n) is 11.8. The number of nitrogen functional groups attached to an aromatic ring is 1. The highest BCUT2D eigenvalue weighted by Crippen LogP contribution is 2.28. The van der Waals surface area contributed by atoms with Crippen molar-refractivity contribution in [3.05, 3.63) is 18.2 Å². The van der Waals surface area contributed by atoms with Crippen LogP contribution in [-0.2, 0) is 4.74 Å². The zero-order chi connectivity index (χ0) is 13.7. The van der Waals surface area contributed by atoms with Gasteiger partial charge in [-0.05, 0) is 38.7 Å². The number of benzene rings is 1. The fourth-order valence-electron chi connectivity index (χ4n) is 1.87. The molecule has 0 amide bonds. The van der Waals surface area contributed by atoms with E-state index >= 15 is 0 Å². The molecule has 4 heteroatoms. The minimum atomic E-state index is 0.150. The van der Waals surface area contributed by atoms with Gasteiger partial charge >= 0.3 is 0 Å².